The van der Waals surface area contributed by atoms with E-state index in [9.17, 15) is 10.1 Å². The van der Waals surface area contributed by atoms with Crippen molar-refractivity contribution in [2.24, 2.45) is 5.92 Å². The van der Waals surface area contributed by atoms with Gasteiger partial charge in [-0.3, -0.25) is 10.1 Å². The zero-order valence-corrected chi connectivity index (χ0v) is 12.9. The molecule has 0 bridgehead atoms. The van der Waals surface area contributed by atoms with E-state index in [0.717, 1.165) is 19.5 Å². The van der Waals surface area contributed by atoms with Gasteiger partial charge >= 0.3 is 5.69 Å². The lowest BCUT2D eigenvalue weighted by molar-refractivity contribution is -0.385. The van der Waals surface area contributed by atoms with Crippen molar-refractivity contribution in [1.82, 2.24) is 9.97 Å². The average molecular weight is 293 g/mol. The third-order valence-corrected chi connectivity index (χ3v) is 3.87. The van der Waals surface area contributed by atoms with Crippen molar-refractivity contribution < 1.29 is 4.92 Å². The molecule has 7 nitrogen and oxygen atoms in total. The number of anilines is 2. The molecule has 7 heteroatoms. The molecular weight excluding hydrogens is 270 g/mol. The van der Waals surface area contributed by atoms with Crippen LogP contribution >= 0.6 is 0 Å². The Kier molecular flexibility index (Phi) is 4.93. The van der Waals surface area contributed by atoms with Crippen molar-refractivity contribution in [2.75, 3.05) is 30.4 Å². The fourth-order valence-electron chi connectivity index (χ4n) is 2.50. The lowest BCUT2D eigenvalue weighted by atomic mass is 9.85. The van der Waals surface area contributed by atoms with Crippen LogP contribution in [0, 0.1) is 23.0 Å². The van der Waals surface area contributed by atoms with Crippen LogP contribution in [0.2, 0.25) is 0 Å². The van der Waals surface area contributed by atoms with E-state index >= 15 is 0 Å². The molecule has 1 aromatic rings. The first-order valence-electron chi connectivity index (χ1n) is 7.51. The normalized spacial score (nSPS) is 14.6. The summed E-state index contributed by atoms with van der Waals surface area (Å²) in [6.07, 6.45) is 4.60. The quantitative estimate of drug-likeness (QED) is 0.614. The van der Waals surface area contributed by atoms with Gasteiger partial charge in [0.25, 0.3) is 0 Å². The summed E-state index contributed by atoms with van der Waals surface area (Å²) in [6, 6.07) is 0. The largest absolute Gasteiger partial charge is 0.354 e. The molecule has 2 rings (SSSR count). The van der Waals surface area contributed by atoms with Crippen LogP contribution in [0.3, 0.4) is 0 Å². The molecule has 0 spiro atoms. The molecule has 116 valence electrons. The van der Waals surface area contributed by atoms with Crippen molar-refractivity contribution in [2.45, 2.75) is 39.5 Å². The van der Waals surface area contributed by atoms with E-state index < -0.39 is 0 Å². The van der Waals surface area contributed by atoms with Crippen LogP contribution in [0.25, 0.3) is 0 Å². The minimum Gasteiger partial charge on any atom is -0.354 e. The van der Waals surface area contributed by atoms with Crippen LogP contribution < -0.4 is 10.2 Å². The molecule has 0 radical (unpaired) electrons. The van der Waals surface area contributed by atoms with Crippen molar-refractivity contribution in [1.29, 1.82) is 0 Å². The van der Waals surface area contributed by atoms with Crippen molar-refractivity contribution in [3.05, 3.63) is 15.8 Å². The van der Waals surface area contributed by atoms with Crippen molar-refractivity contribution in [3.63, 3.8) is 0 Å². The molecule has 1 N–H and O–H groups in total. The maximum absolute atomic E-state index is 11.3. The minimum absolute atomic E-state index is 0.0128. The van der Waals surface area contributed by atoms with Gasteiger partial charge in [0, 0.05) is 20.1 Å². The number of hydrogen-bond donors (Lipinski definition) is 1. The van der Waals surface area contributed by atoms with E-state index in [1.165, 1.54) is 19.3 Å². The Bertz CT molecular complexity index is 516. The Morgan fingerprint density at radius 3 is 2.67 bits per heavy atom. The summed E-state index contributed by atoms with van der Waals surface area (Å²) >= 11 is 0. The van der Waals surface area contributed by atoms with Crippen molar-refractivity contribution >= 4 is 17.5 Å². The molecule has 1 aromatic heterocycles. The zero-order chi connectivity index (χ0) is 15.4. The predicted octanol–water partition coefficient (Wildman–Crippen LogP) is 2.75. The van der Waals surface area contributed by atoms with Gasteiger partial charge in [0.05, 0.1) is 4.92 Å². The highest BCUT2D eigenvalue weighted by Crippen LogP contribution is 2.33. The molecule has 0 saturated heterocycles. The molecule has 1 aliphatic rings. The van der Waals surface area contributed by atoms with Crippen LogP contribution in [0.15, 0.2) is 0 Å². The SMILES string of the molecule is CCCNc1nc(C)c([N+](=O)[O-])c(N(C)CC2CCC2)n1. The highest BCUT2D eigenvalue weighted by Gasteiger charge is 2.27. The molecule has 1 heterocycles. The van der Waals surface area contributed by atoms with E-state index in [1.807, 2.05) is 11.9 Å². The summed E-state index contributed by atoms with van der Waals surface area (Å²) in [4.78, 5) is 21.4. The number of rotatable bonds is 7. The first kappa shape index (κ1) is 15.5. The molecule has 21 heavy (non-hydrogen) atoms. The van der Waals surface area contributed by atoms with Crippen LogP contribution in [-0.2, 0) is 0 Å². The second-order valence-electron chi connectivity index (χ2n) is 5.67. The molecular formula is C14H23N5O2. The second-order valence-corrected chi connectivity index (χ2v) is 5.67. The molecule has 0 aromatic carbocycles. The van der Waals surface area contributed by atoms with Gasteiger partial charge in [0.1, 0.15) is 5.69 Å². The number of nitrogens with one attached hydrogen (secondary N) is 1. The van der Waals surface area contributed by atoms with E-state index in [2.05, 4.69) is 22.2 Å². The van der Waals surface area contributed by atoms with Crippen LogP contribution in [0.4, 0.5) is 17.5 Å². The van der Waals surface area contributed by atoms with Gasteiger partial charge in [-0.1, -0.05) is 13.3 Å². The monoisotopic (exact) mass is 293 g/mol. The van der Waals surface area contributed by atoms with Crippen LogP contribution in [0.5, 0.6) is 0 Å². The van der Waals surface area contributed by atoms with Gasteiger partial charge in [-0.2, -0.15) is 4.98 Å². The summed E-state index contributed by atoms with van der Waals surface area (Å²) in [5, 5.41) is 14.4. The Hall–Kier alpha value is -1.92. The number of nitrogens with zero attached hydrogens (tertiary/aromatic N) is 4. The minimum atomic E-state index is -0.383. The van der Waals surface area contributed by atoms with E-state index in [-0.39, 0.29) is 10.6 Å². The van der Waals surface area contributed by atoms with E-state index in [0.29, 0.717) is 23.4 Å². The first-order chi connectivity index (χ1) is 10.0. The van der Waals surface area contributed by atoms with E-state index in [1.54, 1.807) is 6.92 Å². The maximum atomic E-state index is 11.3. The molecule has 0 aliphatic heterocycles. The second kappa shape index (κ2) is 6.69. The molecule has 0 atom stereocenters. The Balaban J connectivity index is 2.28. The summed E-state index contributed by atoms with van der Waals surface area (Å²) in [6.45, 7) is 5.28. The number of aromatic nitrogens is 2. The lowest BCUT2D eigenvalue weighted by Gasteiger charge is -2.30. The Labute approximate surface area is 124 Å². The Morgan fingerprint density at radius 1 is 1.43 bits per heavy atom. The topological polar surface area (TPSA) is 84.2 Å². The van der Waals surface area contributed by atoms with Crippen molar-refractivity contribution in [3.8, 4) is 0 Å². The van der Waals surface area contributed by atoms with Gasteiger partial charge in [-0.15, -0.1) is 0 Å². The molecule has 0 amide bonds. The maximum Gasteiger partial charge on any atom is 0.332 e. The molecule has 1 saturated carbocycles. The molecule has 1 aliphatic carbocycles. The van der Waals surface area contributed by atoms with Crippen LogP contribution in [0.1, 0.15) is 38.3 Å². The van der Waals surface area contributed by atoms with Gasteiger partial charge in [0.2, 0.25) is 11.8 Å². The zero-order valence-electron chi connectivity index (χ0n) is 12.9. The summed E-state index contributed by atoms with van der Waals surface area (Å²) < 4.78 is 0. The Morgan fingerprint density at radius 2 is 2.14 bits per heavy atom. The third-order valence-electron chi connectivity index (χ3n) is 3.87. The highest BCUT2D eigenvalue weighted by atomic mass is 16.6. The highest BCUT2D eigenvalue weighted by molar-refractivity contribution is 5.62. The lowest BCUT2D eigenvalue weighted by Crippen LogP contribution is -2.30. The number of hydrogen-bond acceptors (Lipinski definition) is 6. The predicted molar refractivity (Wildman–Crippen MR) is 82.8 cm³/mol. The first-order valence-corrected chi connectivity index (χ1v) is 7.51. The van der Waals surface area contributed by atoms with Gasteiger partial charge < -0.3 is 10.2 Å². The number of aryl methyl sites for hydroxylation is 1. The van der Waals surface area contributed by atoms with Gasteiger partial charge in [-0.05, 0) is 32.1 Å². The fourth-order valence-corrected chi connectivity index (χ4v) is 2.50. The fraction of sp³-hybridized carbons (Fsp3) is 0.714. The average Bonchev–Trinajstić information content (AvgIpc) is 2.39. The molecule has 0 unspecified atom stereocenters. The summed E-state index contributed by atoms with van der Waals surface area (Å²) in [5.74, 6) is 1.50. The van der Waals surface area contributed by atoms with Gasteiger partial charge in [0.15, 0.2) is 0 Å². The van der Waals surface area contributed by atoms with E-state index in [4.69, 9.17) is 0 Å². The number of nitro groups is 1. The van der Waals surface area contributed by atoms with Crippen LogP contribution in [-0.4, -0.2) is 35.0 Å². The molecule has 1 fully saturated rings. The third kappa shape index (κ3) is 3.59. The standard InChI is InChI=1S/C14H23N5O2/c1-4-8-15-14-16-10(2)12(19(20)21)13(17-14)18(3)9-11-6-5-7-11/h11H,4-9H2,1-3H3,(H,15,16,17). The summed E-state index contributed by atoms with van der Waals surface area (Å²) in [5.41, 5.74) is 0.419. The summed E-state index contributed by atoms with van der Waals surface area (Å²) in [7, 11) is 1.87. The van der Waals surface area contributed by atoms with Gasteiger partial charge in [-0.25, -0.2) is 4.98 Å². The smallest absolute Gasteiger partial charge is 0.332 e.